The van der Waals surface area contributed by atoms with Gasteiger partial charge in [0.25, 0.3) is 5.91 Å². The molecule has 0 radical (unpaired) electrons. The molecule has 0 aromatic heterocycles. The van der Waals surface area contributed by atoms with Gasteiger partial charge in [0.1, 0.15) is 5.75 Å². The molecule has 4 saturated carbocycles. The van der Waals surface area contributed by atoms with E-state index in [-0.39, 0.29) is 30.6 Å². The maximum absolute atomic E-state index is 12.4. The number of fused-ring (bicyclic) bond motifs is 1. The van der Waals surface area contributed by atoms with Gasteiger partial charge in [-0.3, -0.25) is 4.79 Å². The van der Waals surface area contributed by atoms with Crippen LogP contribution in [0.25, 0.3) is 10.8 Å². The Bertz CT molecular complexity index is 949. The molecule has 0 heterocycles. The average molecular weight is 422 g/mol. The largest absolute Gasteiger partial charge is 0.482 e. The molecule has 31 heavy (non-hydrogen) atoms. The second kappa shape index (κ2) is 8.18. The zero-order valence-electron chi connectivity index (χ0n) is 18.1. The number of nitrogens with one attached hydrogen (secondary N) is 1. The second-order valence-electron chi connectivity index (χ2n) is 10.0. The van der Waals surface area contributed by atoms with Crippen molar-refractivity contribution in [2.75, 3.05) is 13.2 Å². The van der Waals surface area contributed by atoms with Gasteiger partial charge < -0.3 is 14.8 Å². The molecular formula is C26H31NO4. The molecule has 0 unspecified atom stereocenters. The molecule has 5 heteroatoms. The van der Waals surface area contributed by atoms with Gasteiger partial charge in [0, 0.05) is 6.04 Å². The quantitative estimate of drug-likeness (QED) is 0.670. The zero-order chi connectivity index (χ0) is 21.4. The van der Waals surface area contributed by atoms with Crippen molar-refractivity contribution in [1.29, 1.82) is 0 Å². The Hall–Kier alpha value is -2.56. The van der Waals surface area contributed by atoms with E-state index in [1.54, 1.807) is 0 Å². The second-order valence-corrected chi connectivity index (χ2v) is 10.0. The van der Waals surface area contributed by atoms with Crippen molar-refractivity contribution in [3.63, 3.8) is 0 Å². The van der Waals surface area contributed by atoms with Gasteiger partial charge in [-0.15, -0.1) is 0 Å². The van der Waals surface area contributed by atoms with Gasteiger partial charge in [-0.25, -0.2) is 4.79 Å². The summed E-state index contributed by atoms with van der Waals surface area (Å²) in [6.45, 7) is 1.67. The van der Waals surface area contributed by atoms with Crippen LogP contribution in [0.2, 0.25) is 0 Å². The Labute approximate surface area is 183 Å². The zero-order valence-corrected chi connectivity index (χ0v) is 18.1. The number of carbonyl (C=O) groups excluding carboxylic acids is 2. The fraction of sp³-hybridized carbons (Fsp3) is 0.538. The minimum Gasteiger partial charge on any atom is -0.482 e. The smallest absolute Gasteiger partial charge is 0.344 e. The van der Waals surface area contributed by atoms with E-state index in [9.17, 15) is 9.59 Å². The maximum atomic E-state index is 12.4. The Morgan fingerprint density at radius 1 is 0.968 bits per heavy atom. The third kappa shape index (κ3) is 4.28. The summed E-state index contributed by atoms with van der Waals surface area (Å²) in [5.74, 6) is 2.38. The molecule has 4 bridgehead atoms. The lowest BCUT2D eigenvalue weighted by Crippen LogP contribution is -2.56. The Morgan fingerprint density at radius 3 is 2.29 bits per heavy atom. The van der Waals surface area contributed by atoms with Crippen LogP contribution in [-0.4, -0.2) is 31.1 Å². The van der Waals surface area contributed by atoms with E-state index in [4.69, 9.17) is 9.47 Å². The maximum Gasteiger partial charge on any atom is 0.344 e. The summed E-state index contributed by atoms with van der Waals surface area (Å²) >= 11 is 0. The minimum atomic E-state index is -0.536. The molecular weight excluding hydrogens is 390 g/mol. The van der Waals surface area contributed by atoms with Gasteiger partial charge in [-0.05, 0) is 91.5 Å². The highest BCUT2D eigenvalue weighted by atomic mass is 16.6. The van der Waals surface area contributed by atoms with E-state index in [0.29, 0.717) is 5.75 Å². The number of hydrogen-bond acceptors (Lipinski definition) is 4. The predicted molar refractivity (Wildman–Crippen MR) is 119 cm³/mol. The van der Waals surface area contributed by atoms with E-state index in [1.165, 1.54) is 38.5 Å². The van der Waals surface area contributed by atoms with Crippen molar-refractivity contribution >= 4 is 22.6 Å². The number of hydrogen-bond donors (Lipinski definition) is 1. The number of ether oxygens (including phenoxy) is 2. The first kappa shape index (κ1) is 20.3. The Kier molecular flexibility index (Phi) is 5.37. The molecule has 2 aromatic rings. The lowest BCUT2D eigenvalue weighted by atomic mass is 9.48. The normalized spacial score (nSPS) is 29.5. The summed E-state index contributed by atoms with van der Waals surface area (Å²) < 4.78 is 10.7. The van der Waals surface area contributed by atoms with Crippen molar-refractivity contribution in [1.82, 2.24) is 5.32 Å². The van der Waals surface area contributed by atoms with Gasteiger partial charge in [0.2, 0.25) is 0 Å². The third-order valence-corrected chi connectivity index (χ3v) is 7.82. The van der Waals surface area contributed by atoms with E-state index in [1.807, 2.05) is 42.5 Å². The summed E-state index contributed by atoms with van der Waals surface area (Å²) in [5, 5.41) is 5.29. The molecule has 4 aliphatic rings. The summed E-state index contributed by atoms with van der Waals surface area (Å²) in [5.41, 5.74) is 0.244. The predicted octanol–water partition coefficient (Wildman–Crippen LogP) is 4.48. The molecule has 1 N–H and O–H groups in total. The number of rotatable bonds is 7. The molecule has 0 aliphatic heterocycles. The van der Waals surface area contributed by atoms with Crippen LogP contribution in [-0.2, 0) is 14.3 Å². The monoisotopic (exact) mass is 421 g/mol. The van der Waals surface area contributed by atoms with E-state index >= 15 is 0 Å². The van der Waals surface area contributed by atoms with Crippen LogP contribution in [0.3, 0.4) is 0 Å². The van der Waals surface area contributed by atoms with Crippen molar-refractivity contribution in [2.24, 2.45) is 23.2 Å². The molecule has 5 nitrogen and oxygen atoms in total. The summed E-state index contributed by atoms with van der Waals surface area (Å²) in [4.78, 5) is 24.5. The SMILES string of the molecule is C[C@@H](NC(=O)COC(=O)COc1ccc2ccccc2c1)C12CC3CC(CC(C3)C1)C2. The van der Waals surface area contributed by atoms with Crippen LogP contribution in [0.4, 0.5) is 0 Å². The van der Waals surface area contributed by atoms with Crippen LogP contribution in [0.1, 0.15) is 45.4 Å². The topological polar surface area (TPSA) is 64.6 Å². The number of benzene rings is 2. The van der Waals surface area contributed by atoms with Crippen LogP contribution in [0.5, 0.6) is 5.75 Å². The standard InChI is InChI=1S/C26H31NO4/c1-17(26-12-18-8-19(13-26)10-20(9-18)14-26)27-24(28)15-31-25(29)16-30-23-7-6-21-4-2-3-5-22(21)11-23/h2-7,11,17-20H,8-10,12-16H2,1H3,(H,27,28)/t17-,18?,19?,20?,26?/m1/s1. The molecule has 164 valence electrons. The molecule has 4 fully saturated rings. The van der Waals surface area contributed by atoms with Gasteiger partial charge in [-0.1, -0.05) is 30.3 Å². The van der Waals surface area contributed by atoms with E-state index in [0.717, 1.165) is 28.5 Å². The average Bonchev–Trinajstić information content (AvgIpc) is 2.75. The Morgan fingerprint density at radius 2 is 1.61 bits per heavy atom. The molecule has 0 saturated heterocycles. The Balaban J connectivity index is 1.08. The van der Waals surface area contributed by atoms with Gasteiger partial charge in [0.15, 0.2) is 13.2 Å². The molecule has 1 atom stereocenters. The third-order valence-electron chi connectivity index (χ3n) is 7.82. The van der Waals surface area contributed by atoms with Gasteiger partial charge in [-0.2, -0.15) is 0 Å². The molecule has 0 spiro atoms. The molecule has 6 rings (SSSR count). The van der Waals surface area contributed by atoms with Crippen molar-refractivity contribution < 1.29 is 19.1 Å². The molecule has 1 amide bonds. The summed E-state index contributed by atoms with van der Waals surface area (Å²) in [6.07, 6.45) is 7.86. The van der Waals surface area contributed by atoms with Crippen LogP contribution in [0, 0.1) is 23.2 Å². The molecule has 4 aliphatic carbocycles. The first-order chi connectivity index (χ1) is 15.0. The van der Waals surface area contributed by atoms with Crippen molar-refractivity contribution in [3.8, 4) is 5.75 Å². The minimum absolute atomic E-state index is 0.126. The first-order valence-corrected chi connectivity index (χ1v) is 11.6. The van der Waals surface area contributed by atoms with Crippen LogP contribution >= 0.6 is 0 Å². The van der Waals surface area contributed by atoms with Crippen molar-refractivity contribution in [3.05, 3.63) is 42.5 Å². The summed E-state index contributed by atoms with van der Waals surface area (Å²) in [6, 6.07) is 13.8. The van der Waals surface area contributed by atoms with Crippen LogP contribution < -0.4 is 10.1 Å². The fourth-order valence-corrected chi connectivity index (χ4v) is 6.73. The first-order valence-electron chi connectivity index (χ1n) is 11.6. The summed E-state index contributed by atoms with van der Waals surface area (Å²) in [7, 11) is 0. The highest BCUT2D eigenvalue weighted by molar-refractivity contribution is 5.84. The lowest BCUT2D eigenvalue weighted by molar-refractivity contribution is -0.151. The van der Waals surface area contributed by atoms with Gasteiger partial charge >= 0.3 is 5.97 Å². The number of amides is 1. The highest BCUT2D eigenvalue weighted by Crippen LogP contribution is 2.61. The highest BCUT2D eigenvalue weighted by Gasteiger charge is 2.53. The van der Waals surface area contributed by atoms with Gasteiger partial charge in [0.05, 0.1) is 0 Å². The van der Waals surface area contributed by atoms with E-state index < -0.39 is 5.97 Å². The number of esters is 1. The number of carbonyl (C=O) groups is 2. The lowest BCUT2D eigenvalue weighted by Gasteiger charge is -2.59. The fourth-order valence-electron chi connectivity index (χ4n) is 6.73. The van der Waals surface area contributed by atoms with Crippen molar-refractivity contribution in [2.45, 2.75) is 51.5 Å². The molecule has 2 aromatic carbocycles. The van der Waals surface area contributed by atoms with Crippen LogP contribution in [0.15, 0.2) is 42.5 Å². The van der Waals surface area contributed by atoms with E-state index in [2.05, 4.69) is 12.2 Å².